The Morgan fingerprint density at radius 3 is 1.44 bits per heavy atom. The molecule has 0 aromatic heterocycles. The smallest absolute Gasteiger partial charge is 0.408 e. The van der Waals surface area contributed by atoms with E-state index in [1.54, 1.807) is 0 Å². The Hall–Kier alpha value is -4.75. The molecule has 0 saturated heterocycles. The molecule has 4 rings (SSSR count). The van der Waals surface area contributed by atoms with Crippen molar-refractivity contribution in [2.45, 2.75) is 38.1 Å². The van der Waals surface area contributed by atoms with Gasteiger partial charge in [0, 0.05) is 0 Å². The minimum absolute atomic E-state index is 0.0869. The van der Waals surface area contributed by atoms with Crippen molar-refractivity contribution in [3.63, 3.8) is 0 Å². The van der Waals surface area contributed by atoms with Crippen LogP contribution in [-0.4, -0.2) is 36.5 Å². The monoisotopic (exact) mass is 550 g/mol. The van der Waals surface area contributed by atoms with E-state index in [1.165, 1.54) is 0 Å². The molecule has 2 N–H and O–H groups in total. The molecular formula is C34H34N2O5. The van der Waals surface area contributed by atoms with E-state index < -0.39 is 24.1 Å². The number of ether oxygens (including phenoxy) is 2. The van der Waals surface area contributed by atoms with Crippen LogP contribution in [0.2, 0.25) is 0 Å². The molecule has 0 fully saturated rings. The van der Waals surface area contributed by atoms with Gasteiger partial charge in [0.1, 0.15) is 19.3 Å². The van der Waals surface area contributed by atoms with E-state index in [0.29, 0.717) is 6.42 Å². The van der Waals surface area contributed by atoms with Gasteiger partial charge in [-0.15, -0.1) is 0 Å². The molecule has 0 bridgehead atoms. The summed E-state index contributed by atoms with van der Waals surface area (Å²) in [5.74, 6) is -0.736. The van der Waals surface area contributed by atoms with Crippen molar-refractivity contribution in [3.05, 3.63) is 144 Å². The first kappa shape index (κ1) is 29.2. The summed E-state index contributed by atoms with van der Waals surface area (Å²) in [7, 11) is 0. The average Bonchev–Trinajstić information content (AvgIpc) is 3.02. The third-order valence-corrected chi connectivity index (χ3v) is 6.49. The highest BCUT2D eigenvalue weighted by atomic mass is 16.5. The molecule has 7 heteroatoms. The maximum atomic E-state index is 13.4. The summed E-state index contributed by atoms with van der Waals surface area (Å²) < 4.78 is 11.0. The van der Waals surface area contributed by atoms with Crippen molar-refractivity contribution in [2.75, 3.05) is 6.54 Å². The molecule has 0 saturated carbocycles. The number of carbonyl (C=O) groups is 3. The molecule has 0 aliphatic heterocycles. The van der Waals surface area contributed by atoms with Gasteiger partial charge in [0.05, 0.1) is 12.6 Å². The second kappa shape index (κ2) is 15.7. The number of esters is 1. The van der Waals surface area contributed by atoms with E-state index in [-0.39, 0.29) is 32.0 Å². The number of nitrogens with one attached hydrogen (secondary N) is 2. The zero-order valence-corrected chi connectivity index (χ0v) is 22.8. The van der Waals surface area contributed by atoms with Crippen LogP contribution in [0, 0.1) is 0 Å². The summed E-state index contributed by atoms with van der Waals surface area (Å²) in [5, 5.41) is 5.80. The van der Waals surface area contributed by atoms with Gasteiger partial charge in [0.15, 0.2) is 5.78 Å². The van der Waals surface area contributed by atoms with Gasteiger partial charge in [0.25, 0.3) is 0 Å². The van der Waals surface area contributed by atoms with Crippen molar-refractivity contribution < 1.29 is 23.9 Å². The fourth-order valence-electron chi connectivity index (χ4n) is 4.27. The summed E-state index contributed by atoms with van der Waals surface area (Å²) in [6, 6.07) is 36.1. The van der Waals surface area contributed by atoms with Crippen LogP contribution < -0.4 is 10.6 Å². The van der Waals surface area contributed by atoms with Crippen molar-refractivity contribution in [3.8, 4) is 0 Å². The summed E-state index contributed by atoms with van der Waals surface area (Å²) in [4.78, 5) is 39.2. The summed E-state index contributed by atoms with van der Waals surface area (Å²) in [5.41, 5.74) is 3.53. The zero-order valence-electron chi connectivity index (χ0n) is 22.8. The predicted molar refractivity (Wildman–Crippen MR) is 157 cm³/mol. The number of benzene rings is 4. The minimum atomic E-state index is -0.856. The first-order valence-electron chi connectivity index (χ1n) is 13.6. The minimum Gasteiger partial charge on any atom is -0.460 e. The van der Waals surface area contributed by atoms with Crippen molar-refractivity contribution in [1.29, 1.82) is 0 Å². The van der Waals surface area contributed by atoms with Crippen LogP contribution >= 0.6 is 0 Å². The molecule has 210 valence electrons. The Bertz CT molecular complexity index is 1370. The number of hydrogen-bond acceptors (Lipinski definition) is 6. The van der Waals surface area contributed by atoms with Gasteiger partial charge in [-0.1, -0.05) is 121 Å². The van der Waals surface area contributed by atoms with E-state index in [9.17, 15) is 14.4 Å². The highest BCUT2D eigenvalue weighted by Crippen LogP contribution is 2.09. The first-order valence-corrected chi connectivity index (χ1v) is 13.6. The number of ketones is 1. The van der Waals surface area contributed by atoms with E-state index in [4.69, 9.17) is 9.47 Å². The molecule has 1 amide bonds. The van der Waals surface area contributed by atoms with Gasteiger partial charge in [-0.25, -0.2) is 4.79 Å². The molecule has 4 aromatic rings. The Labute approximate surface area is 240 Å². The lowest BCUT2D eigenvalue weighted by Gasteiger charge is -2.21. The zero-order chi connectivity index (χ0) is 28.7. The van der Waals surface area contributed by atoms with Crippen LogP contribution in [-0.2, 0) is 45.1 Å². The molecule has 0 aliphatic rings. The topological polar surface area (TPSA) is 93.7 Å². The lowest BCUT2D eigenvalue weighted by molar-refractivity contribution is -0.147. The third-order valence-electron chi connectivity index (χ3n) is 6.49. The Balaban J connectivity index is 1.41. The number of carbonyl (C=O) groups excluding carboxylic acids is 3. The predicted octanol–water partition coefficient (Wildman–Crippen LogP) is 5.04. The van der Waals surface area contributed by atoms with Crippen LogP contribution in [0.3, 0.4) is 0 Å². The van der Waals surface area contributed by atoms with Crippen LogP contribution in [0.4, 0.5) is 4.79 Å². The van der Waals surface area contributed by atoms with Gasteiger partial charge < -0.3 is 14.8 Å². The Morgan fingerprint density at radius 2 is 0.951 bits per heavy atom. The summed E-state index contributed by atoms with van der Waals surface area (Å²) in [6.45, 7) is 0.0734. The van der Waals surface area contributed by atoms with Gasteiger partial charge in [-0.2, -0.15) is 0 Å². The SMILES string of the molecule is O=C(N[C@@H](Cc1ccccc1)C(=O)CN[C@@H](Cc1ccccc1)C(=O)OCc1ccccc1)OCc1ccccc1. The average molecular weight is 551 g/mol. The second-order valence-corrected chi connectivity index (χ2v) is 9.63. The van der Waals surface area contributed by atoms with Gasteiger partial charge >= 0.3 is 12.1 Å². The maximum absolute atomic E-state index is 13.4. The first-order chi connectivity index (χ1) is 20.1. The number of Topliss-reactive ketones (excluding diaryl/α,β-unsaturated/α-hetero) is 1. The summed E-state index contributed by atoms with van der Waals surface area (Å²) in [6.07, 6.45) is -0.0624. The molecule has 0 aliphatic carbocycles. The standard InChI is InChI=1S/C34H34N2O5/c37-32(30(21-26-13-5-1-6-14-26)36-34(39)41-25-29-19-11-4-12-20-29)23-35-31(22-27-15-7-2-8-16-27)33(38)40-24-28-17-9-3-10-18-28/h1-20,30-31,35H,21-25H2,(H,36,39)/t30-,31-/m0/s1. The van der Waals surface area contributed by atoms with Crippen LogP contribution in [0.15, 0.2) is 121 Å². The number of rotatable bonds is 14. The normalized spacial score (nSPS) is 12.1. The molecular weight excluding hydrogens is 516 g/mol. The lowest BCUT2D eigenvalue weighted by atomic mass is 10.0. The molecule has 0 heterocycles. The molecule has 4 aromatic carbocycles. The van der Waals surface area contributed by atoms with Crippen molar-refractivity contribution in [2.24, 2.45) is 0 Å². The van der Waals surface area contributed by atoms with Crippen LogP contribution in [0.1, 0.15) is 22.3 Å². The second-order valence-electron chi connectivity index (χ2n) is 9.63. The molecule has 0 unspecified atom stereocenters. The molecule has 0 spiro atoms. The molecule has 2 atom stereocenters. The molecule has 7 nitrogen and oxygen atoms in total. The Kier molecular flexibility index (Phi) is 11.2. The lowest BCUT2D eigenvalue weighted by Crippen LogP contribution is -2.49. The van der Waals surface area contributed by atoms with Gasteiger partial charge in [0.2, 0.25) is 0 Å². The molecule has 41 heavy (non-hydrogen) atoms. The quantitative estimate of drug-likeness (QED) is 0.214. The molecule has 0 radical (unpaired) electrons. The third kappa shape index (κ3) is 10.1. The summed E-state index contributed by atoms with van der Waals surface area (Å²) >= 11 is 0. The van der Waals surface area contributed by atoms with E-state index in [1.807, 2.05) is 121 Å². The van der Waals surface area contributed by atoms with E-state index in [0.717, 1.165) is 22.3 Å². The fraction of sp³-hybridized carbons (Fsp3) is 0.206. The van der Waals surface area contributed by atoms with Crippen LogP contribution in [0.5, 0.6) is 0 Å². The van der Waals surface area contributed by atoms with Gasteiger partial charge in [-0.3, -0.25) is 14.9 Å². The number of hydrogen-bond donors (Lipinski definition) is 2. The van der Waals surface area contributed by atoms with Crippen LogP contribution in [0.25, 0.3) is 0 Å². The fourth-order valence-corrected chi connectivity index (χ4v) is 4.27. The van der Waals surface area contributed by atoms with E-state index in [2.05, 4.69) is 10.6 Å². The highest BCUT2D eigenvalue weighted by Gasteiger charge is 2.26. The Morgan fingerprint density at radius 1 is 0.537 bits per heavy atom. The van der Waals surface area contributed by atoms with E-state index >= 15 is 0 Å². The number of alkyl carbamates (subject to hydrolysis) is 1. The van der Waals surface area contributed by atoms with Crippen molar-refractivity contribution in [1.82, 2.24) is 10.6 Å². The highest BCUT2D eigenvalue weighted by molar-refractivity contribution is 5.89. The van der Waals surface area contributed by atoms with Gasteiger partial charge in [-0.05, 0) is 35.1 Å². The maximum Gasteiger partial charge on any atom is 0.408 e. The number of amides is 1. The van der Waals surface area contributed by atoms with Crippen molar-refractivity contribution >= 4 is 17.8 Å². The largest absolute Gasteiger partial charge is 0.460 e.